The van der Waals surface area contributed by atoms with Gasteiger partial charge in [0.15, 0.2) is 0 Å². The monoisotopic (exact) mass is 502 g/mol. The number of ether oxygens (including phenoxy) is 2. The second kappa shape index (κ2) is 10.8. The molecule has 4 rings (SSSR count). The number of aliphatic hydroxyl groups is 1. The molecule has 0 amide bonds. The Hall–Kier alpha value is -2.58. The van der Waals surface area contributed by atoms with Crippen LogP contribution in [0.3, 0.4) is 0 Å². The number of fused-ring (bicyclic) bond motifs is 1. The van der Waals surface area contributed by atoms with Crippen molar-refractivity contribution < 1.29 is 14.6 Å². The van der Waals surface area contributed by atoms with Crippen molar-refractivity contribution in [3.8, 4) is 22.6 Å². The first-order valence-electron chi connectivity index (χ1n) is 11.1. The highest BCUT2D eigenvalue weighted by molar-refractivity contribution is 6.41. The summed E-state index contributed by atoms with van der Waals surface area (Å²) in [5.41, 5.74) is 2.24. The molecule has 3 aromatic rings. The summed E-state index contributed by atoms with van der Waals surface area (Å²) in [7, 11) is 3.10. The van der Waals surface area contributed by atoms with Crippen LogP contribution in [0.2, 0.25) is 10.0 Å². The van der Waals surface area contributed by atoms with Gasteiger partial charge in [0.2, 0.25) is 5.95 Å². The number of aliphatic hydroxyl groups excluding tert-OH is 1. The highest BCUT2D eigenvalue weighted by Gasteiger charge is 2.28. The molecule has 180 valence electrons. The number of methoxy groups -OCH3 is 2. The van der Waals surface area contributed by atoms with Gasteiger partial charge in [0.25, 0.3) is 0 Å². The molecule has 9 heteroatoms. The Labute approximate surface area is 209 Å². The van der Waals surface area contributed by atoms with E-state index in [4.69, 9.17) is 32.7 Å². The number of rotatable bonds is 9. The maximum absolute atomic E-state index is 9.83. The third-order valence-electron chi connectivity index (χ3n) is 6.23. The molecule has 1 fully saturated rings. The number of hydrogen-bond donors (Lipinski definition) is 3. The van der Waals surface area contributed by atoms with E-state index in [2.05, 4.69) is 27.2 Å². The average molecular weight is 503 g/mol. The molecule has 0 spiro atoms. The third kappa shape index (κ3) is 5.08. The highest BCUT2D eigenvalue weighted by atomic mass is 35.5. The summed E-state index contributed by atoms with van der Waals surface area (Å²) in [6, 6.07) is 7.67. The Morgan fingerprint density at radius 1 is 1.18 bits per heavy atom. The first kappa shape index (κ1) is 24.5. The van der Waals surface area contributed by atoms with E-state index in [1.54, 1.807) is 26.5 Å². The predicted octanol–water partition coefficient (Wildman–Crippen LogP) is 5.30. The quantitative estimate of drug-likeness (QED) is 0.270. The minimum absolute atomic E-state index is 0.234. The maximum Gasteiger partial charge on any atom is 0.223 e. The summed E-state index contributed by atoms with van der Waals surface area (Å²) < 4.78 is 10.8. The smallest absolute Gasteiger partial charge is 0.223 e. The normalized spacial score (nSPS) is 18.6. The summed E-state index contributed by atoms with van der Waals surface area (Å²) in [5, 5.41) is 18.1. The van der Waals surface area contributed by atoms with Gasteiger partial charge >= 0.3 is 0 Å². The maximum atomic E-state index is 9.83. The fourth-order valence-electron chi connectivity index (χ4n) is 4.42. The molecule has 3 atom stereocenters. The van der Waals surface area contributed by atoms with Gasteiger partial charge in [0.1, 0.15) is 17.7 Å². The molecule has 3 N–H and O–H groups in total. The van der Waals surface area contributed by atoms with E-state index in [1.165, 1.54) is 6.08 Å². The van der Waals surface area contributed by atoms with Gasteiger partial charge in [-0.3, -0.25) is 5.32 Å². The zero-order valence-electron chi connectivity index (χ0n) is 19.1. The Bertz CT molecular complexity index is 1160. The lowest BCUT2D eigenvalue weighted by molar-refractivity contribution is 0.158. The van der Waals surface area contributed by atoms with Crippen molar-refractivity contribution in [3.63, 3.8) is 0 Å². The Balaban J connectivity index is 1.55. The molecule has 1 heterocycles. The van der Waals surface area contributed by atoms with Crippen LogP contribution in [0.4, 0.5) is 5.95 Å². The molecule has 34 heavy (non-hydrogen) atoms. The number of nitrogens with zero attached hydrogens (tertiary/aromatic N) is 2. The molecule has 1 saturated carbocycles. The van der Waals surface area contributed by atoms with Crippen LogP contribution in [0.15, 0.2) is 43.1 Å². The van der Waals surface area contributed by atoms with Crippen molar-refractivity contribution >= 4 is 40.1 Å². The first-order chi connectivity index (χ1) is 16.4. The molecule has 0 radical (unpaired) electrons. The molecule has 1 aliphatic carbocycles. The fraction of sp³-hybridized carbons (Fsp3) is 0.360. The average Bonchev–Trinajstić information content (AvgIpc) is 3.29. The predicted molar refractivity (Wildman–Crippen MR) is 137 cm³/mol. The van der Waals surface area contributed by atoms with Crippen LogP contribution in [0.1, 0.15) is 19.3 Å². The van der Waals surface area contributed by atoms with Crippen molar-refractivity contribution in [2.45, 2.75) is 31.5 Å². The molecule has 0 aliphatic heterocycles. The molecule has 0 saturated heterocycles. The standard InChI is InChI=1S/C25H28Cl2N4O3/c1-4-21(32)30-17-7-5-6-15(17)12-28-25-29-13-16-10-14(8-9-18(16)31-25)22-23(26)19(33-2)11-20(34-3)24(22)27/h4,8-11,13,15,17,21,30,32H,1,5-7,12H2,2-3H3,(H,28,29,31). The van der Waals surface area contributed by atoms with Crippen LogP contribution in [0.5, 0.6) is 11.5 Å². The van der Waals surface area contributed by atoms with Crippen LogP contribution in [0.25, 0.3) is 22.0 Å². The zero-order valence-corrected chi connectivity index (χ0v) is 20.7. The largest absolute Gasteiger partial charge is 0.495 e. The summed E-state index contributed by atoms with van der Waals surface area (Å²) in [4.78, 5) is 9.16. The van der Waals surface area contributed by atoms with Crippen molar-refractivity contribution in [1.29, 1.82) is 0 Å². The van der Waals surface area contributed by atoms with Gasteiger partial charge in [-0.1, -0.05) is 42.3 Å². The summed E-state index contributed by atoms with van der Waals surface area (Å²) in [6.07, 6.45) is 5.82. The fourth-order valence-corrected chi connectivity index (χ4v) is 5.14. The number of aromatic nitrogens is 2. The van der Waals surface area contributed by atoms with E-state index in [9.17, 15) is 5.11 Å². The number of halogens is 2. The zero-order chi connectivity index (χ0) is 24.2. The minimum Gasteiger partial charge on any atom is -0.495 e. The number of benzene rings is 2. The lowest BCUT2D eigenvalue weighted by atomic mass is 10.0. The Morgan fingerprint density at radius 3 is 2.59 bits per heavy atom. The summed E-state index contributed by atoms with van der Waals surface area (Å²) in [5.74, 6) is 1.90. The third-order valence-corrected chi connectivity index (χ3v) is 6.98. The van der Waals surface area contributed by atoms with E-state index in [-0.39, 0.29) is 6.04 Å². The van der Waals surface area contributed by atoms with E-state index in [0.29, 0.717) is 39.0 Å². The Morgan fingerprint density at radius 2 is 1.91 bits per heavy atom. The van der Waals surface area contributed by atoms with Gasteiger partial charge in [-0.25, -0.2) is 9.97 Å². The summed E-state index contributed by atoms with van der Waals surface area (Å²) >= 11 is 13.2. The van der Waals surface area contributed by atoms with Crippen molar-refractivity contribution in [2.75, 3.05) is 26.1 Å². The topological polar surface area (TPSA) is 88.5 Å². The van der Waals surface area contributed by atoms with E-state index < -0.39 is 6.23 Å². The lowest BCUT2D eigenvalue weighted by Gasteiger charge is -2.23. The van der Waals surface area contributed by atoms with Gasteiger partial charge in [-0.05, 0) is 42.5 Å². The van der Waals surface area contributed by atoms with Crippen LogP contribution in [-0.4, -0.2) is 48.1 Å². The first-order valence-corrected chi connectivity index (χ1v) is 11.9. The van der Waals surface area contributed by atoms with Crippen LogP contribution < -0.4 is 20.1 Å². The molecular weight excluding hydrogens is 475 g/mol. The van der Waals surface area contributed by atoms with Crippen molar-refractivity contribution in [2.24, 2.45) is 5.92 Å². The Kier molecular flexibility index (Phi) is 7.78. The second-order valence-electron chi connectivity index (χ2n) is 8.28. The van der Waals surface area contributed by atoms with Gasteiger partial charge < -0.3 is 19.9 Å². The van der Waals surface area contributed by atoms with Gasteiger partial charge in [0.05, 0.1) is 29.8 Å². The van der Waals surface area contributed by atoms with Crippen LogP contribution in [-0.2, 0) is 0 Å². The molecule has 1 aliphatic rings. The minimum atomic E-state index is -0.691. The molecule has 0 bridgehead atoms. The van der Waals surface area contributed by atoms with Crippen molar-refractivity contribution in [1.82, 2.24) is 15.3 Å². The molecular formula is C25H28Cl2N4O3. The highest BCUT2D eigenvalue weighted by Crippen LogP contribution is 2.46. The van der Waals surface area contributed by atoms with Gasteiger partial charge in [-0.2, -0.15) is 0 Å². The number of hydrogen-bond acceptors (Lipinski definition) is 7. The van der Waals surface area contributed by atoms with Crippen LogP contribution in [0, 0.1) is 5.92 Å². The molecule has 7 nitrogen and oxygen atoms in total. The van der Waals surface area contributed by atoms with E-state index in [0.717, 1.165) is 42.3 Å². The number of anilines is 1. The molecule has 3 unspecified atom stereocenters. The van der Waals surface area contributed by atoms with Crippen LogP contribution >= 0.6 is 23.2 Å². The van der Waals surface area contributed by atoms with Crippen molar-refractivity contribution in [3.05, 3.63) is 53.2 Å². The summed E-state index contributed by atoms with van der Waals surface area (Å²) in [6.45, 7) is 4.35. The molecule has 2 aromatic carbocycles. The van der Waals surface area contributed by atoms with Gasteiger partial charge in [-0.15, -0.1) is 0 Å². The SMILES string of the molecule is C=CC(O)NC1CCCC1CNc1ncc2cc(-c3c(Cl)c(OC)cc(OC)c3Cl)ccc2n1. The van der Waals surface area contributed by atoms with E-state index in [1.807, 2.05) is 18.2 Å². The lowest BCUT2D eigenvalue weighted by Crippen LogP contribution is -2.41. The number of nitrogens with one attached hydrogen (secondary N) is 2. The van der Waals surface area contributed by atoms with E-state index >= 15 is 0 Å². The molecule has 1 aromatic heterocycles. The second-order valence-corrected chi connectivity index (χ2v) is 9.03. The van der Waals surface area contributed by atoms with Gasteiger partial charge in [0, 0.05) is 35.8 Å².